The molecule has 1 aromatic carbocycles. The number of halogens is 2. The van der Waals surface area contributed by atoms with Crippen LogP contribution in [0.1, 0.15) is 10.5 Å². The SMILES string of the molecule is COc1ccc(Cl)cc1C(N)Br. The zero-order valence-electron chi connectivity index (χ0n) is 6.55. The number of nitrogens with two attached hydrogens (primary N) is 1. The summed E-state index contributed by atoms with van der Waals surface area (Å²) in [7, 11) is 1.60. The van der Waals surface area contributed by atoms with Gasteiger partial charge in [-0.2, -0.15) is 0 Å². The summed E-state index contributed by atoms with van der Waals surface area (Å²) >= 11 is 9.03. The van der Waals surface area contributed by atoms with Crippen LogP contribution in [0.3, 0.4) is 0 Å². The maximum absolute atomic E-state index is 5.79. The lowest BCUT2D eigenvalue weighted by molar-refractivity contribution is 0.409. The molecule has 1 aromatic rings. The van der Waals surface area contributed by atoms with Crippen molar-refractivity contribution in [1.29, 1.82) is 0 Å². The third-order valence-corrected chi connectivity index (χ3v) is 2.22. The van der Waals surface area contributed by atoms with Crippen LogP contribution >= 0.6 is 27.5 Å². The highest BCUT2D eigenvalue weighted by Crippen LogP contribution is 2.29. The lowest BCUT2D eigenvalue weighted by Crippen LogP contribution is -2.03. The Morgan fingerprint density at radius 2 is 2.25 bits per heavy atom. The van der Waals surface area contributed by atoms with Gasteiger partial charge in [0.05, 0.1) is 12.1 Å². The summed E-state index contributed by atoms with van der Waals surface area (Å²) in [5.74, 6) is 0.740. The van der Waals surface area contributed by atoms with E-state index in [2.05, 4.69) is 15.9 Å². The molecule has 2 N–H and O–H groups in total. The Labute approximate surface area is 84.8 Å². The first kappa shape index (κ1) is 9.84. The Morgan fingerprint density at radius 3 is 2.75 bits per heavy atom. The fourth-order valence-electron chi connectivity index (χ4n) is 0.921. The van der Waals surface area contributed by atoms with E-state index in [0.717, 1.165) is 11.3 Å². The molecule has 0 amide bonds. The van der Waals surface area contributed by atoms with Crippen LogP contribution in [0.2, 0.25) is 5.02 Å². The highest BCUT2D eigenvalue weighted by Gasteiger charge is 2.08. The van der Waals surface area contributed by atoms with Gasteiger partial charge in [-0.05, 0) is 18.2 Å². The summed E-state index contributed by atoms with van der Waals surface area (Å²) in [5, 5.41) is 0.653. The Kier molecular flexibility index (Phi) is 3.38. The van der Waals surface area contributed by atoms with E-state index in [-0.39, 0.29) is 4.95 Å². The highest BCUT2D eigenvalue weighted by atomic mass is 79.9. The van der Waals surface area contributed by atoms with Crippen molar-refractivity contribution in [3.63, 3.8) is 0 Å². The second kappa shape index (κ2) is 4.12. The van der Waals surface area contributed by atoms with Crippen molar-refractivity contribution in [3.05, 3.63) is 28.8 Å². The van der Waals surface area contributed by atoms with Crippen LogP contribution in [0, 0.1) is 0 Å². The standard InChI is InChI=1S/C8H9BrClNO/c1-12-7-3-2-5(10)4-6(7)8(9)11/h2-4,8H,11H2,1H3. The van der Waals surface area contributed by atoms with Gasteiger partial charge in [0.1, 0.15) is 5.75 Å². The van der Waals surface area contributed by atoms with Crippen LogP contribution in [-0.2, 0) is 0 Å². The predicted molar refractivity (Wildman–Crippen MR) is 53.9 cm³/mol. The molecule has 0 bridgehead atoms. The highest BCUT2D eigenvalue weighted by molar-refractivity contribution is 9.09. The van der Waals surface area contributed by atoms with Gasteiger partial charge < -0.3 is 10.5 Å². The Bertz CT molecular complexity index is 278. The molecule has 1 atom stereocenters. The van der Waals surface area contributed by atoms with Gasteiger partial charge in [0, 0.05) is 10.6 Å². The van der Waals surface area contributed by atoms with Crippen molar-refractivity contribution in [2.24, 2.45) is 5.73 Å². The third kappa shape index (κ3) is 2.12. The topological polar surface area (TPSA) is 35.2 Å². The van der Waals surface area contributed by atoms with Gasteiger partial charge in [-0.25, -0.2) is 0 Å². The second-order valence-electron chi connectivity index (χ2n) is 2.29. The minimum absolute atomic E-state index is 0.244. The van der Waals surface area contributed by atoms with Crippen LogP contribution < -0.4 is 10.5 Å². The molecule has 0 radical (unpaired) electrons. The van der Waals surface area contributed by atoms with E-state index in [9.17, 15) is 0 Å². The largest absolute Gasteiger partial charge is 0.496 e. The lowest BCUT2D eigenvalue weighted by atomic mass is 10.2. The summed E-state index contributed by atoms with van der Waals surface area (Å²) < 4.78 is 5.09. The number of methoxy groups -OCH3 is 1. The minimum atomic E-state index is -0.244. The summed E-state index contributed by atoms with van der Waals surface area (Å²) in [6.07, 6.45) is 0. The molecule has 12 heavy (non-hydrogen) atoms. The number of hydrogen-bond donors (Lipinski definition) is 1. The minimum Gasteiger partial charge on any atom is -0.496 e. The van der Waals surface area contributed by atoms with Gasteiger partial charge in [-0.3, -0.25) is 0 Å². The summed E-state index contributed by atoms with van der Waals surface area (Å²) in [4.78, 5) is -0.244. The second-order valence-corrected chi connectivity index (χ2v) is 3.71. The number of hydrogen-bond acceptors (Lipinski definition) is 2. The number of ether oxygens (including phenoxy) is 1. The smallest absolute Gasteiger partial charge is 0.124 e. The fraction of sp³-hybridized carbons (Fsp3) is 0.250. The number of alkyl halides is 1. The third-order valence-electron chi connectivity index (χ3n) is 1.49. The predicted octanol–water partition coefficient (Wildman–Crippen LogP) is 2.70. The maximum Gasteiger partial charge on any atom is 0.124 e. The maximum atomic E-state index is 5.79. The molecular formula is C8H9BrClNO. The van der Waals surface area contributed by atoms with Crippen LogP contribution in [0.15, 0.2) is 18.2 Å². The van der Waals surface area contributed by atoms with E-state index in [1.165, 1.54) is 0 Å². The molecule has 0 aliphatic carbocycles. The molecule has 66 valence electrons. The van der Waals surface area contributed by atoms with Crippen LogP contribution in [-0.4, -0.2) is 7.11 Å². The summed E-state index contributed by atoms with van der Waals surface area (Å²) in [5.41, 5.74) is 6.49. The molecule has 1 unspecified atom stereocenters. The molecule has 2 nitrogen and oxygen atoms in total. The molecule has 0 heterocycles. The quantitative estimate of drug-likeness (QED) is 0.647. The molecule has 0 aliphatic heterocycles. The first-order valence-electron chi connectivity index (χ1n) is 3.38. The average molecular weight is 251 g/mol. The van der Waals surface area contributed by atoms with Gasteiger partial charge in [0.2, 0.25) is 0 Å². The first-order valence-corrected chi connectivity index (χ1v) is 4.67. The van der Waals surface area contributed by atoms with Gasteiger partial charge in [0.25, 0.3) is 0 Å². The van der Waals surface area contributed by atoms with Crippen LogP contribution in [0.25, 0.3) is 0 Å². The zero-order chi connectivity index (χ0) is 9.14. The van der Waals surface area contributed by atoms with Gasteiger partial charge in [-0.15, -0.1) is 0 Å². The van der Waals surface area contributed by atoms with Crippen molar-refractivity contribution >= 4 is 27.5 Å². The molecular weight excluding hydrogens is 241 g/mol. The summed E-state index contributed by atoms with van der Waals surface area (Å²) in [6, 6.07) is 5.33. The first-order chi connectivity index (χ1) is 5.65. The summed E-state index contributed by atoms with van der Waals surface area (Å²) in [6.45, 7) is 0. The molecule has 0 aliphatic rings. The Morgan fingerprint density at radius 1 is 1.58 bits per heavy atom. The van der Waals surface area contributed by atoms with E-state index >= 15 is 0 Å². The molecule has 0 saturated heterocycles. The molecule has 4 heteroatoms. The van der Waals surface area contributed by atoms with E-state index in [1.54, 1.807) is 25.3 Å². The monoisotopic (exact) mass is 249 g/mol. The molecule has 0 fully saturated rings. The van der Waals surface area contributed by atoms with E-state index in [4.69, 9.17) is 22.1 Å². The van der Waals surface area contributed by atoms with E-state index in [0.29, 0.717) is 5.02 Å². The zero-order valence-corrected chi connectivity index (χ0v) is 8.89. The number of rotatable bonds is 2. The molecule has 0 aromatic heterocycles. The van der Waals surface area contributed by atoms with E-state index in [1.807, 2.05) is 0 Å². The molecule has 0 spiro atoms. The van der Waals surface area contributed by atoms with Crippen molar-refractivity contribution in [3.8, 4) is 5.75 Å². The number of benzene rings is 1. The molecule has 0 saturated carbocycles. The normalized spacial score (nSPS) is 12.7. The van der Waals surface area contributed by atoms with Crippen LogP contribution in [0.5, 0.6) is 5.75 Å². The van der Waals surface area contributed by atoms with Crippen molar-refractivity contribution < 1.29 is 4.74 Å². The molecule has 1 rings (SSSR count). The van der Waals surface area contributed by atoms with Crippen molar-refractivity contribution in [1.82, 2.24) is 0 Å². The van der Waals surface area contributed by atoms with Gasteiger partial charge >= 0.3 is 0 Å². The fourth-order valence-corrected chi connectivity index (χ4v) is 1.46. The van der Waals surface area contributed by atoms with E-state index < -0.39 is 0 Å². The van der Waals surface area contributed by atoms with Gasteiger partial charge in [0.15, 0.2) is 0 Å². The van der Waals surface area contributed by atoms with Crippen LogP contribution in [0.4, 0.5) is 0 Å². The lowest BCUT2D eigenvalue weighted by Gasteiger charge is -2.10. The van der Waals surface area contributed by atoms with Crippen molar-refractivity contribution in [2.75, 3.05) is 7.11 Å². The van der Waals surface area contributed by atoms with Gasteiger partial charge in [-0.1, -0.05) is 27.5 Å². The Balaban J connectivity index is 3.12. The average Bonchev–Trinajstić information content (AvgIpc) is 2.04. The van der Waals surface area contributed by atoms with Crippen molar-refractivity contribution in [2.45, 2.75) is 4.95 Å². The Hall–Kier alpha value is -0.250.